The highest BCUT2D eigenvalue weighted by molar-refractivity contribution is 5.90. The van der Waals surface area contributed by atoms with Gasteiger partial charge in [0.05, 0.1) is 12.7 Å². The Morgan fingerprint density at radius 2 is 2.05 bits per heavy atom. The van der Waals surface area contributed by atoms with Crippen molar-refractivity contribution < 1.29 is 9.53 Å². The van der Waals surface area contributed by atoms with E-state index in [-0.39, 0.29) is 5.97 Å². The molecule has 1 aliphatic carbocycles. The Morgan fingerprint density at radius 1 is 1.35 bits per heavy atom. The monoisotopic (exact) mass is 276 g/mol. The molecular weight excluding hydrogens is 252 g/mol. The Hall–Kier alpha value is -1.55. The molecule has 0 saturated heterocycles. The first-order valence-electron chi connectivity index (χ1n) is 7.28. The predicted molar refractivity (Wildman–Crippen MR) is 80.5 cm³/mol. The minimum absolute atomic E-state index is 0.313. The van der Waals surface area contributed by atoms with Gasteiger partial charge in [0.2, 0.25) is 0 Å². The second kappa shape index (κ2) is 6.75. The van der Waals surface area contributed by atoms with Crippen LogP contribution in [0.3, 0.4) is 0 Å². The molecule has 0 bridgehead atoms. The fourth-order valence-corrected chi connectivity index (χ4v) is 2.91. The normalized spacial score (nSPS) is 16.4. The van der Waals surface area contributed by atoms with Gasteiger partial charge in [0.25, 0.3) is 0 Å². The number of carbonyl (C=O) groups is 1. The van der Waals surface area contributed by atoms with Crippen LogP contribution >= 0.6 is 0 Å². The minimum Gasteiger partial charge on any atom is -0.465 e. The molecule has 0 aromatic heterocycles. The molecule has 0 aliphatic heterocycles. The van der Waals surface area contributed by atoms with Crippen LogP contribution in [0.4, 0.5) is 5.69 Å². The zero-order valence-corrected chi connectivity index (χ0v) is 12.4. The van der Waals surface area contributed by atoms with Crippen molar-refractivity contribution in [1.29, 1.82) is 0 Å². The van der Waals surface area contributed by atoms with Crippen LogP contribution in [-0.2, 0) is 11.3 Å². The third-order valence-electron chi connectivity index (χ3n) is 4.18. The molecule has 20 heavy (non-hydrogen) atoms. The van der Waals surface area contributed by atoms with Crippen molar-refractivity contribution in [2.45, 2.75) is 44.7 Å². The van der Waals surface area contributed by atoms with E-state index in [0.717, 1.165) is 17.8 Å². The number of benzene rings is 1. The van der Waals surface area contributed by atoms with Gasteiger partial charge in [0, 0.05) is 18.3 Å². The first kappa shape index (κ1) is 14.9. The van der Waals surface area contributed by atoms with E-state index in [9.17, 15) is 4.79 Å². The summed E-state index contributed by atoms with van der Waals surface area (Å²) in [6.45, 7) is 0.779. The Morgan fingerprint density at radius 3 is 2.70 bits per heavy atom. The largest absolute Gasteiger partial charge is 0.465 e. The van der Waals surface area contributed by atoms with Gasteiger partial charge >= 0.3 is 5.97 Å². The Kier molecular flexibility index (Phi) is 5.01. The number of anilines is 1. The summed E-state index contributed by atoms with van der Waals surface area (Å²) in [5.41, 5.74) is 8.33. The smallest absolute Gasteiger partial charge is 0.337 e. The molecular formula is C16H24N2O2. The van der Waals surface area contributed by atoms with Crippen LogP contribution in [0.25, 0.3) is 0 Å². The molecule has 0 radical (unpaired) electrons. The topological polar surface area (TPSA) is 55.6 Å². The van der Waals surface area contributed by atoms with Gasteiger partial charge in [-0.05, 0) is 43.7 Å². The van der Waals surface area contributed by atoms with Crippen LogP contribution in [-0.4, -0.2) is 31.1 Å². The van der Waals surface area contributed by atoms with Gasteiger partial charge in [-0.15, -0.1) is 0 Å². The number of rotatable bonds is 4. The van der Waals surface area contributed by atoms with E-state index < -0.39 is 0 Å². The van der Waals surface area contributed by atoms with E-state index in [1.165, 1.54) is 39.2 Å². The van der Waals surface area contributed by atoms with Crippen LogP contribution in [0.1, 0.15) is 48.0 Å². The molecule has 1 aliphatic rings. The summed E-state index contributed by atoms with van der Waals surface area (Å²) < 4.78 is 4.76. The third-order valence-corrected chi connectivity index (χ3v) is 4.18. The van der Waals surface area contributed by atoms with Crippen molar-refractivity contribution >= 4 is 11.7 Å². The number of hydrogen-bond acceptors (Lipinski definition) is 4. The van der Waals surface area contributed by atoms with Gasteiger partial charge < -0.3 is 10.5 Å². The van der Waals surface area contributed by atoms with Crippen LogP contribution < -0.4 is 5.73 Å². The van der Waals surface area contributed by atoms with Crippen molar-refractivity contribution in [2.24, 2.45) is 0 Å². The quantitative estimate of drug-likeness (QED) is 0.678. The van der Waals surface area contributed by atoms with E-state index in [4.69, 9.17) is 10.5 Å². The van der Waals surface area contributed by atoms with Crippen molar-refractivity contribution in [3.8, 4) is 0 Å². The first-order chi connectivity index (χ1) is 9.61. The number of ether oxygens (including phenoxy) is 1. The van der Waals surface area contributed by atoms with E-state index >= 15 is 0 Å². The van der Waals surface area contributed by atoms with Crippen LogP contribution in [0, 0.1) is 0 Å². The Bertz CT molecular complexity index is 468. The van der Waals surface area contributed by atoms with Crippen molar-refractivity contribution in [3.05, 3.63) is 29.3 Å². The average molecular weight is 276 g/mol. The molecule has 1 saturated carbocycles. The number of esters is 1. The molecule has 0 heterocycles. The van der Waals surface area contributed by atoms with Gasteiger partial charge in [0.15, 0.2) is 0 Å². The van der Waals surface area contributed by atoms with Crippen LogP contribution in [0.5, 0.6) is 0 Å². The van der Waals surface area contributed by atoms with Crippen LogP contribution in [0.2, 0.25) is 0 Å². The highest BCUT2D eigenvalue weighted by atomic mass is 16.5. The summed E-state index contributed by atoms with van der Waals surface area (Å²) in [5.74, 6) is -0.313. The van der Waals surface area contributed by atoms with E-state index in [1.807, 2.05) is 6.07 Å². The van der Waals surface area contributed by atoms with Crippen molar-refractivity contribution in [1.82, 2.24) is 4.90 Å². The van der Waals surface area contributed by atoms with Crippen molar-refractivity contribution in [3.63, 3.8) is 0 Å². The number of hydrogen-bond donors (Lipinski definition) is 1. The maximum atomic E-state index is 11.6. The fourth-order valence-electron chi connectivity index (χ4n) is 2.91. The molecule has 2 N–H and O–H groups in total. The zero-order chi connectivity index (χ0) is 14.5. The van der Waals surface area contributed by atoms with E-state index in [2.05, 4.69) is 11.9 Å². The lowest BCUT2D eigenvalue weighted by molar-refractivity contribution is 0.0600. The summed E-state index contributed by atoms with van der Waals surface area (Å²) in [6.07, 6.45) is 6.49. The van der Waals surface area contributed by atoms with Crippen LogP contribution in [0.15, 0.2) is 18.2 Å². The second-order valence-electron chi connectivity index (χ2n) is 5.61. The molecule has 0 atom stereocenters. The van der Waals surface area contributed by atoms with Gasteiger partial charge in [-0.1, -0.05) is 19.3 Å². The lowest BCUT2D eigenvalue weighted by atomic mass is 9.94. The summed E-state index contributed by atoms with van der Waals surface area (Å²) >= 11 is 0. The van der Waals surface area contributed by atoms with E-state index in [0.29, 0.717) is 11.6 Å². The highest BCUT2D eigenvalue weighted by Gasteiger charge is 2.19. The highest BCUT2D eigenvalue weighted by Crippen LogP contribution is 2.24. The molecule has 110 valence electrons. The third kappa shape index (κ3) is 3.51. The number of nitrogen functional groups attached to an aromatic ring is 1. The first-order valence-corrected chi connectivity index (χ1v) is 7.28. The summed E-state index contributed by atoms with van der Waals surface area (Å²) in [4.78, 5) is 13.9. The average Bonchev–Trinajstić information content (AvgIpc) is 2.49. The molecule has 1 fully saturated rings. The molecule has 0 spiro atoms. The molecule has 2 rings (SSSR count). The summed E-state index contributed by atoms with van der Waals surface area (Å²) in [7, 11) is 3.53. The molecule has 1 aromatic carbocycles. The fraction of sp³-hybridized carbons (Fsp3) is 0.562. The van der Waals surface area contributed by atoms with E-state index in [1.54, 1.807) is 12.1 Å². The molecule has 0 amide bonds. The van der Waals surface area contributed by atoms with Gasteiger partial charge in [0.1, 0.15) is 0 Å². The number of nitrogens with zero attached hydrogens (tertiary/aromatic N) is 1. The van der Waals surface area contributed by atoms with Gasteiger partial charge in [-0.25, -0.2) is 4.79 Å². The summed E-state index contributed by atoms with van der Waals surface area (Å²) in [6, 6.07) is 5.98. The predicted octanol–water partition coefficient (Wildman–Crippen LogP) is 2.82. The number of carbonyl (C=O) groups excluding carboxylic acids is 1. The maximum Gasteiger partial charge on any atom is 0.337 e. The standard InChI is InChI=1S/C16H24N2O2/c1-18(14-6-4-3-5-7-14)11-13-10-12(16(19)20-2)8-9-15(13)17/h8-10,14H,3-7,11,17H2,1-2H3. The molecule has 0 unspecified atom stereocenters. The lowest BCUT2D eigenvalue weighted by Crippen LogP contribution is -2.33. The number of methoxy groups -OCH3 is 1. The van der Waals surface area contributed by atoms with Gasteiger partial charge in [-0.2, -0.15) is 0 Å². The molecule has 4 heteroatoms. The molecule has 4 nitrogen and oxygen atoms in total. The Labute approximate surface area is 120 Å². The molecule has 1 aromatic rings. The SMILES string of the molecule is COC(=O)c1ccc(N)c(CN(C)C2CCCCC2)c1. The lowest BCUT2D eigenvalue weighted by Gasteiger charge is -2.31. The van der Waals surface area contributed by atoms with Gasteiger partial charge in [-0.3, -0.25) is 4.90 Å². The summed E-state index contributed by atoms with van der Waals surface area (Å²) in [5, 5.41) is 0. The Balaban J connectivity index is 2.09. The number of nitrogens with two attached hydrogens (primary N) is 1. The maximum absolute atomic E-state index is 11.6. The van der Waals surface area contributed by atoms with Crippen molar-refractivity contribution in [2.75, 3.05) is 19.9 Å². The minimum atomic E-state index is -0.313. The second-order valence-corrected chi connectivity index (χ2v) is 5.61. The zero-order valence-electron chi connectivity index (χ0n) is 12.4.